The van der Waals surface area contributed by atoms with Crippen LogP contribution in [0.15, 0.2) is 18.2 Å². The van der Waals surface area contributed by atoms with E-state index < -0.39 is 6.10 Å². The largest absolute Gasteiger partial charge is 0.497 e. The molecule has 1 unspecified atom stereocenters. The van der Waals surface area contributed by atoms with Crippen LogP contribution in [0.2, 0.25) is 0 Å². The van der Waals surface area contributed by atoms with E-state index in [0.29, 0.717) is 23.6 Å². The number of methoxy groups -OCH3 is 2. The van der Waals surface area contributed by atoms with Crippen molar-refractivity contribution in [3.05, 3.63) is 18.2 Å². The molecular weight excluding hydrogens is 292 g/mol. The van der Waals surface area contributed by atoms with E-state index in [2.05, 4.69) is 10.6 Å². The standard InChI is InChI=1S/C14H22N2O4S/c1-19-11-4-5-12(13(8-11)20-2)16-14(18)15-9-10(17)6-7-21-3/h4-5,8,10,17H,6-7,9H2,1-3H3,(H2,15,16,18). The van der Waals surface area contributed by atoms with Gasteiger partial charge < -0.3 is 25.2 Å². The van der Waals surface area contributed by atoms with Crippen LogP contribution in [0.3, 0.4) is 0 Å². The average Bonchev–Trinajstić information content (AvgIpc) is 2.51. The first kappa shape index (κ1) is 17.5. The molecule has 6 nitrogen and oxygen atoms in total. The third kappa shape index (κ3) is 6.14. The van der Waals surface area contributed by atoms with Crippen LogP contribution in [0, 0.1) is 0 Å². The summed E-state index contributed by atoms with van der Waals surface area (Å²) < 4.78 is 10.3. The number of hydrogen-bond acceptors (Lipinski definition) is 5. The second kappa shape index (κ2) is 9.36. The summed E-state index contributed by atoms with van der Waals surface area (Å²) in [6.07, 6.45) is 2.08. The predicted octanol–water partition coefficient (Wildman–Crippen LogP) is 1.94. The highest BCUT2D eigenvalue weighted by molar-refractivity contribution is 7.98. The number of urea groups is 1. The number of carbonyl (C=O) groups excluding carboxylic acids is 1. The Kier molecular flexibility index (Phi) is 7.78. The fourth-order valence-electron chi connectivity index (χ4n) is 1.63. The molecule has 0 aliphatic rings. The third-order valence-corrected chi connectivity index (χ3v) is 3.45. The SMILES string of the molecule is COc1ccc(NC(=O)NCC(O)CCSC)c(OC)c1. The Hall–Kier alpha value is -1.60. The number of carbonyl (C=O) groups is 1. The minimum absolute atomic E-state index is 0.213. The molecule has 21 heavy (non-hydrogen) atoms. The zero-order valence-corrected chi connectivity index (χ0v) is 13.3. The highest BCUT2D eigenvalue weighted by atomic mass is 32.2. The summed E-state index contributed by atoms with van der Waals surface area (Å²) in [4.78, 5) is 11.8. The Labute approximate surface area is 129 Å². The minimum Gasteiger partial charge on any atom is -0.497 e. The number of nitrogens with one attached hydrogen (secondary N) is 2. The van der Waals surface area contributed by atoms with Crippen molar-refractivity contribution in [2.45, 2.75) is 12.5 Å². The topological polar surface area (TPSA) is 79.8 Å². The van der Waals surface area contributed by atoms with Crippen LogP contribution in [0.1, 0.15) is 6.42 Å². The molecule has 0 aliphatic carbocycles. The molecule has 118 valence electrons. The van der Waals surface area contributed by atoms with Gasteiger partial charge in [-0.1, -0.05) is 0 Å². The van der Waals surface area contributed by atoms with Gasteiger partial charge in [0.2, 0.25) is 0 Å². The maximum absolute atomic E-state index is 11.8. The van der Waals surface area contributed by atoms with Crippen LogP contribution >= 0.6 is 11.8 Å². The monoisotopic (exact) mass is 314 g/mol. The number of aliphatic hydroxyl groups excluding tert-OH is 1. The fraction of sp³-hybridized carbons (Fsp3) is 0.500. The van der Waals surface area contributed by atoms with Gasteiger partial charge in [0.05, 0.1) is 26.0 Å². The van der Waals surface area contributed by atoms with Crippen LogP contribution in [0.4, 0.5) is 10.5 Å². The predicted molar refractivity (Wildman–Crippen MR) is 85.6 cm³/mol. The van der Waals surface area contributed by atoms with E-state index in [-0.39, 0.29) is 12.6 Å². The summed E-state index contributed by atoms with van der Waals surface area (Å²) in [5, 5.41) is 15.0. The number of anilines is 1. The number of aliphatic hydroxyl groups is 1. The summed E-state index contributed by atoms with van der Waals surface area (Å²) in [5.74, 6) is 2.01. The molecule has 3 N–H and O–H groups in total. The lowest BCUT2D eigenvalue weighted by atomic mass is 10.2. The zero-order valence-electron chi connectivity index (χ0n) is 12.5. The van der Waals surface area contributed by atoms with Crippen LogP contribution < -0.4 is 20.1 Å². The molecule has 0 aliphatic heterocycles. The van der Waals surface area contributed by atoms with Crippen molar-refractivity contribution < 1.29 is 19.4 Å². The lowest BCUT2D eigenvalue weighted by Gasteiger charge is -2.14. The van der Waals surface area contributed by atoms with Crippen molar-refractivity contribution in [2.75, 3.05) is 38.1 Å². The summed E-state index contributed by atoms with van der Waals surface area (Å²) in [6.45, 7) is 0.213. The molecule has 0 aromatic heterocycles. The van der Waals surface area contributed by atoms with Crippen LogP contribution in [-0.2, 0) is 0 Å². The van der Waals surface area contributed by atoms with Crippen molar-refractivity contribution in [1.29, 1.82) is 0 Å². The maximum atomic E-state index is 11.8. The van der Waals surface area contributed by atoms with E-state index >= 15 is 0 Å². The quantitative estimate of drug-likeness (QED) is 0.683. The minimum atomic E-state index is -0.541. The van der Waals surface area contributed by atoms with E-state index in [1.807, 2.05) is 6.26 Å². The molecule has 1 atom stereocenters. The molecule has 0 bridgehead atoms. The van der Waals surface area contributed by atoms with E-state index in [4.69, 9.17) is 9.47 Å². The Morgan fingerprint density at radius 3 is 2.76 bits per heavy atom. The van der Waals surface area contributed by atoms with Crippen molar-refractivity contribution in [1.82, 2.24) is 5.32 Å². The molecule has 1 aromatic carbocycles. The average molecular weight is 314 g/mol. The first-order chi connectivity index (χ1) is 10.1. The van der Waals surface area contributed by atoms with Crippen molar-refractivity contribution in [3.8, 4) is 11.5 Å². The second-order valence-electron chi connectivity index (χ2n) is 4.34. The molecule has 1 rings (SSSR count). The molecule has 1 aromatic rings. The summed E-state index contributed by atoms with van der Waals surface area (Å²) in [7, 11) is 3.08. The molecule has 0 saturated heterocycles. The number of thioether (sulfide) groups is 1. The van der Waals surface area contributed by atoms with Crippen LogP contribution in [-0.4, -0.2) is 50.0 Å². The van der Waals surface area contributed by atoms with Gasteiger partial charge in [0.15, 0.2) is 0 Å². The summed E-state index contributed by atoms with van der Waals surface area (Å²) in [5.41, 5.74) is 0.536. The number of benzene rings is 1. The van der Waals surface area contributed by atoms with Crippen molar-refractivity contribution in [2.24, 2.45) is 0 Å². The lowest BCUT2D eigenvalue weighted by molar-refractivity contribution is 0.169. The number of amides is 2. The zero-order chi connectivity index (χ0) is 15.7. The van der Waals surface area contributed by atoms with E-state index in [1.165, 1.54) is 7.11 Å². The van der Waals surface area contributed by atoms with Gasteiger partial charge in [-0.05, 0) is 30.6 Å². The molecule has 0 fully saturated rings. The van der Waals surface area contributed by atoms with Crippen molar-refractivity contribution in [3.63, 3.8) is 0 Å². The van der Waals surface area contributed by atoms with Crippen molar-refractivity contribution >= 4 is 23.5 Å². The van der Waals surface area contributed by atoms with E-state index in [1.54, 1.807) is 37.1 Å². The highest BCUT2D eigenvalue weighted by Crippen LogP contribution is 2.28. The van der Waals surface area contributed by atoms with Crippen LogP contribution in [0.5, 0.6) is 11.5 Å². The molecule has 7 heteroatoms. The third-order valence-electron chi connectivity index (χ3n) is 2.81. The molecule has 0 spiro atoms. The number of ether oxygens (including phenoxy) is 2. The van der Waals surface area contributed by atoms with Gasteiger partial charge in [0.25, 0.3) is 0 Å². The fourth-order valence-corrected chi connectivity index (χ4v) is 2.14. The lowest BCUT2D eigenvalue weighted by Crippen LogP contribution is -2.35. The molecule has 0 saturated carbocycles. The molecular formula is C14H22N2O4S. The Morgan fingerprint density at radius 1 is 1.38 bits per heavy atom. The smallest absolute Gasteiger partial charge is 0.319 e. The van der Waals surface area contributed by atoms with E-state index in [9.17, 15) is 9.90 Å². The Morgan fingerprint density at radius 2 is 2.14 bits per heavy atom. The molecule has 2 amide bonds. The number of hydrogen-bond donors (Lipinski definition) is 3. The van der Waals surface area contributed by atoms with Gasteiger partial charge in [0.1, 0.15) is 11.5 Å². The number of rotatable bonds is 8. The van der Waals surface area contributed by atoms with Gasteiger partial charge in [-0.15, -0.1) is 0 Å². The van der Waals surface area contributed by atoms with Gasteiger partial charge >= 0.3 is 6.03 Å². The Bertz CT molecular complexity index is 457. The van der Waals surface area contributed by atoms with E-state index in [0.717, 1.165) is 5.75 Å². The molecule has 0 heterocycles. The highest BCUT2D eigenvalue weighted by Gasteiger charge is 2.10. The maximum Gasteiger partial charge on any atom is 0.319 e. The summed E-state index contributed by atoms with van der Waals surface area (Å²) >= 11 is 1.66. The van der Waals surface area contributed by atoms with Gasteiger partial charge in [0, 0.05) is 12.6 Å². The Balaban J connectivity index is 2.51. The van der Waals surface area contributed by atoms with Crippen LogP contribution in [0.25, 0.3) is 0 Å². The van der Waals surface area contributed by atoms with Gasteiger partial charge in [-0.25, -0.2) is 4.79 Å². The second-order valence-corrected chi connectivity index (χ2v) is 5.32. The first-order valence-corrected chi connectivity index (χ1v) is 7.94. The first-order valence-electron chi connectivity index (χ1n) is 6.54. The van der Waals surface area contributed by atoms with Gasteiger partial charge in [-0.2, -0.15) is 11.8 Å². The summed E-state index contributed by atoms with van der Waals surface area (Å²) in [6, 6.07) is 4.72. The molecule has 0 radical (unpaired) electrons. The van der Waals surface area contributed by atoms with Gasteiger partial charge in [-0.3, -0.25) is 0 Å². The normalized spacial score (nSPS) is 11.6.